The van der Waals surface area contributed by atoms with Gasteiger partial charge in [0.05, 0.1) is 17.3 Å². The Bertz CT molecular complexity index is 1080. The van der Waals surface area contributed by atoms with Gasteiger partial charge in [-0.15, -0.1) is 0 Å². The smallest absolute Gasteiger partial charge is 0.337 e. The monoisotopic (exact) mass is 484 g/mol. The van der Waals surface area contributed by atoms with Crippen LogP contribution in [0.3, 0.4) is 0 Å². The van der Waals surface area contributed by atoms with Crippen LogP contribution in [0.25, 0.3) is 0 Å². The molecule has 1 amide bonds. The zero-order chi connectivity index (χ0) is 23.9. The summed E-state index contributed by atoms with van der Waals surface area (Å²) in [6, 6.07) is 0.681. The van der Waals surface area contributed by atoms with Crippen molar-refractivity contribution in [3.63, 3.8) is 0 Å². The normalized spacial score (nSPS) is 16.8. The van der Waals surface area contributed by atoms with Crippen LogP contribution in [-0.2, 0) is 29.4 Å². The molecule has 2 aromatic rings. The van der Waals surface area contributed by atoms with Gasteiger partial charge in [0, 0.05) is 45.0 Å². The molecule has 176 valence electrons. The number of hydrogen-bond acceptors (Lipinski definition) is 4. The van der Waals surface area contributed by atoms with Crippen LogP contribution in [0.1, 0.15) is 27.9 Å². The van der Waals surface area contributed by atoms with Crippen molar-refractivity contribution in [3.8, 4) is 0 Å². The molecular weight excluding hydrogens is 466 g/mol. The minimum absolute atomic E-state index is 0.0252. The second kappa shape index (κ2) is 8.39. The fraction of sp³-hybridized carbons (Fsp3) is 0.444. The molecule has 1 aromatic heterocycles. The molecule has 32 heavy (non-hydrogen) atoms. The highest BCUT2D eigenvalue weighted by Gasteiger charge is 2.38. The molecule has 1 saturated heterocycles. The summed E-state index contributed by atoms with van der Waals surface area (Å²) in [5.74, 6) is -1.04. The number of rotatable bonds is 3. The van der Waals surface area contributed by atoms with Crippen LogP contribution in [0.5, 0.6) is 0 Å². The maximum Gasteiger partial charge on any atom is 0.416 e. The second-order valence-electron chi connectivity index (χ2n) is 7.19. The maximum atomic E-state index is 13.1. The molecule has 1 aliphatic heterocycles. The SMILES string of the molecule is Cn1cc(S(=O)(=O)N2CCCN(C(=O)c3cc(C(F)(F)F)cc(C(F)(F)F)c3)CC2)cn1. The molecule has 14 heteroatoms. The molecule has 0 unspecified atom stereocenters. The van der Waals surface area contributed by atoms with E-state index >= 15 is 0 Å². The van der Waals surface area contributed by atoms with Gasteiger partial charge in [0.2, 0.25) is 10.0 Å². The lowest BCUT2D eigenvalue weighted by molar-refractivity contribution is -0.143. The Morgan fingerprint density at radius 1 is 0.938 bits per heavy atom. The molecule has 0 N–H and O–H groups in total. The molecule has 7 nitrogen and oxygen atoms in total. The summed E-state index contributed by atoms with van der Waals surface area (Å²) in [5, 5.41) is 3.80. The van der Waals surface area contributed by atoms with Gasteiger partial charge in [0.1, 0.15) is 4.90 Å². The van der Waals surface area contributed by atoms with Gasteiger partial charge in [0.15, 0.2) is 0 Å². The average Bonchev–Trinajstić information content (AvgIpc) is 2.98. The van der Waals surface area contributed by atoms with Crippen molar-refractivity contribution in [1.82, 2.24) is 19.0 Å². The first-order valence-electron chi connectivity index (χ1n) is 9.27. The second-order valence-corrected chi connectivity index (χ2v) is 9.13. The summed E-state index contributed by atoms with van der Waals surface area (Å²) >= 11 is 0. The first kappa shape index (κ1) is 24.0. The molecule has 0 bridgehead atoms. The molecule has 1 aromatic carbocycles. The molecule has 1 fully saturated rings. The van der Waals surface area contributed by atoms with Crippen molar-refractivity contribution in [2.24, 2.45) is 7.05 Å². The number of benzene rings is 1. The predicted octanol–water partition coefficient (Wildman–Crippen LogP) is 2.99. The van der Waals surface area contributed by atoms with E-state index in [1.54, 1.807) is 0 Å². The Balaban J connectivity index is 1.85. The summed E-state index contributed by atoms with van der Waals surface area (Å²) < 4.78 is 106. The third-order valence-electron chi connectivity index (χ3n) is 4.90. The van der Waals surface area contributed by atoms with Crippen molar-refractivity contribution >= 4 is 15.9 Å². The number of amides is 1. The highest BCUT2D eigenvalue weighted by molar-refractivity contribution is 7.89. The number of carbonyl (C=O) groups excluding carboxylic acids is 1. The van der Waals surface area contributed by atoms with Crippen molar-refractivity contribution in [2.45, 2.75) is 23.7 Å². The summed E-state index contributed by atoms with van der Waals surface area (Å²) in [5.41, 5.74) is -3.95. The standard InChI is InChI=1S/C18H18F6N4O3S/c1-26-11-15(10-25-26)32(30,31)28-4-2-3-27(5-6-28)16(29)12-7-13(17(19,20)21)9-14(8-12)18(22,23)24/h7-11H,2-6H2,1H3. The topological polar surface area (TPSA) is 75.5 Å². The van der Waals surface area contributed by atoms with E-state index in [0.717, 1.165) is 15.4 Å². The van der Waals surface area contributed by atoms with Crippen LogP contribution in [0.2, 0.25) is 0 Å². The first-order valence-corrected chi connectivity index (χ1v) is 10.7. The van der Waals surface area contributed by atoms with Crippen molar-refractivity contribution in [1.29, 1.82) is 0 Å². The Kier molecular flexibility index (Phi) is 6.30. The Hall–Kier alpha value is -2.61. The number of carbonyl (C=O) groups is 1. The molecule has 1 aliphatic rings. The number of halogens is 6. The summed E-state index contributed by atoms with van der Waals surface area (Å²) in [6.45, 7) is -0.378. The van der Waals surface area contributed by atoms with Crippen molar-refractivity contribution < 1.29 is 39.6 Å². The maximum absolute atomic E-state index is 13.1. The van der Waals surface area contributed by atoms with Crippen LogP contribution in [0, 0.1) is 0 Å². The van der Waals surface area contributed by atoms with E-state index in [-0.39, 0.29) is 43.6 Å². The number of alkyl halides is 6. The van der Waals surface area contributed by atoms with E-state index in [9.17, 15) is 39.6 Å². The summed E-state index contributed by atoms with van der Waals surface area (Å²) in [7, 11) is -2.38. The highest BCUT2D eigenvalue weighted by Crippen LogP contribution is 2.36. The van der Waals surface area contributed by atoms with E-state index in [0.29, 0.717) is 12.1 Å². The zero-order valence-corrected chi connectivity index (χ0v) is 17.4. The van der Waals surface area contributed by atoms with E-state index in [2.05, 4.69) is 5.10 Å². The average molecular weight is 484 g/mol. The third kappa shape index (κ3) is 5.06. The largest absolute Gasteiger partial charge is 0.416 e. The quantitative estimate of drug-likeness (QED) is 0.628. The molecule has 2 heterocycles. The zero-order valence-electron chi connectivity index (χ0n) is 16.6. The molecule has 3 rings (SSSR count). The Labute approximate surface area is 179 Å². The molecule has 0 spiro atoms. The van der Waals surface area contributed by atoms with Crippen LogP contribution in [0.15, 0.2) is 35.5 Å². The van der Waals surface area contributed by atoms with Crippen LogP contribution in [0.4, 0.5) is 26.3 Å². The lowest BCUT2D eigenvalue weighted by atomic mass is 10.0. The fourth-order valence-electron chi connectivity index (χ4n) is 3.28. The van der Waals surface area contributed by atoms with E-state index in [4.69, 9.17) is 0 Å². The van der Waals surface area contributed by atoms with Gasteiger partial charge in [-0.1, -0.05) is 0 Å². The van der Waals surface area contributed by atoms with Gasteiger partial charge in [-0.3, -0.25) is 9.48 Å². The number of nitrogens with zero attached hydrogens (tertiary/aromatic N) is 4. The van der Waals surface area contributed by atoms with Crippen LogP contribution < -0.4 is 0 Å². The minimum Gasteiger partial charge on any atom is -0.337 e. The summed E-state index contributed by atoms with van der Waals surface area (Å²) in [4.78, 5) is 13.7. The number of aryl methyl sites for hydroxylation is 1. The molecule has 0 atom stereocenters. The Morgan fingerprint density at radius 2 is 1.53 bits per heavy atom. The number of hydrogen-bond donors (Lipinski definition) is 0. The number of sulfonamides is 1. The van der Waals surface area contributed by atoms with Crippen molar-refractivity contribution in [3.05, 3.63) is 47.3 Å². The van der Waals surface area contributed by atoms with Crippen LogP contribution >= 0.6 is 0 Å². The van der Waals surface area contributed by atoms with Gasteiger partial charge < -0.3 is 4.90 Å². The van der Waals surface area contributed by atoms with Gasteiger partial charge in [-0.05, 0) is 24.6 Å². The summed E-state index contributed by atoms with van der Waals surface area (Å²) in [6.07, 6.45) is -7.56. The van der Waals surface area contributed by atoms with Gasteiger partial charge in [-0.25, -0.2) is 8.42 Å². The lowest BCUT2D eigenvalue weighted by Gasteiger charge is -2.22. The number of aromatic nitrogens is 2. The van der Waals surface area contributed by atoms with Gasteiger partial charge in [-0.2, -0.15) is 35.7 Å². The molecule has 0 radical (unpaired) electrons. The lowest BCUT2D eigenvalue weighted by Crippen LogP contribution is -2.37. The van der Waals surface area contributed by atoms with Gasteiger partial charge in [0.25, 0.3) is 5.91 Å². The predicted molar refractivity (Wildman–Crippen MR) is 98.9 cm³/mol. The van der Waals surface area contributed by atoms with Crippen molar-refractivity contribution in [2.75, 3.05) is 26.2 Å². The van der Waals surface area contributed by atoms with E-state index in [1.165, 1.54) is 17.9 Å². The molecular formula is C18H18F6N4O3S. The highest BCUT2D eigenvalue weighted by atomic mass is 32.2. The van der Waals surface area contributed by atoms with Crippen LogP contribution in [-0.4, -0.2) is 59.5 Å². The Morgan fingerprint density at radius 3 is 2.03 bits per heavy atom. The van der Waals surface area contributed by atoms with E-state index < -0.39 is 45.0 Å². The minimum atomic E-state index is -5.08. The van der Waals surface area contributed by atoms with E-state index in [1.807, 2.05) is 0 Å². The fourth-order valence-corrected chi connectivity index (χ4v) is 4.73. The van der Waals surface area contributed by atoms with Gasteiger partial charge >= 0.3 is 12.4 Å². The first-order chi connectivity index (χ1) is 14.7. The molecule has 0 saturated carbocycles. The molecule has 0 aliphatic carbocycles. The third-order valence-corrected chi connectivity index (χ3v) is 6.75.